The van der Waals surface area contributed by atoms with Gasteiger partial charge >= 0.3 is 0 Å². The van der Waals surface area contributed by atoms with E-state index in [9.17, 15) is 4.79 Å². The first-order valence-corrected chi connectivity index (χ1v) is 10.6. The quantitative estimate of drug-likeness (QED) is 0.523. The van der Waals surface area contributed by atoms with Crippen LogP contribution in [0.5, 0.6) is 0 Å². The Labute approximate surface area is 172 Å². The van der Waals surface area contributed by atoms with E-state index in [-0.39, 0.29) is 11.9 Å². The lowest BCUT2D eigenvalue weighted by Gasteiger charge is -2.13. The number of carbonyl (C=O) groups excluding carboxylic acids is 1. The van der Waals surface area contributed by atoms with Gasteiger partial charge in [-0.1, -0.05) is 70.2 Å². The molecule has 0 aliphatic heterocycles. The van der Waals surface area contributed by atoms with Crippen LogP contribution in [0.25, 0.3) is 11.3 Å². The highest BCUT2D eigenvalue weighted by atomic mass is 79.9. The predicted octanol–water partition coefficient (Wildman–Crippen LogP) is 4.98. The van der Waals surface area contributed by atoms with E-state index in [4.69, 9.17) is 0 Å². The Kier molecular flexibility index (Phi) is 6.74. The van der Waals surface area contributed by atoms with Crippen LogP contribution in [0.2, 0.25) is 0 Å². The molecule has 1 N–H and O–H groups in total. The predicted molar refractivity (Wildman–Crippen MR) is 115 cm³/mol. The molecule has 1 heterocycles. The van der Waals surface area contributed by atoms with Crippen LogP contribution in [0.3, 0.4) is 0 Å². The summed E-state index contributed by atoms with van der Waals surface area (Å²) in [6.07, 6.45) is 1.88. The summed E-state index contributed by atoms with van der Waals surface area (Å²) in [5.74, 6) is 0.374. The van der Waals surface area contributed by atoms with Crippen LogP contribution in [0.15, 0.2) is 70.4 Å². The fourth-order valence-electron chi connectivity index (χ4n) is 2.74. The lowest BCUT2D eigenvalue weighted by atomic mass is 10.1. The molecule has 0 aliphatic carbocycles. The molecule has 0 saturated heterocycles. The van der Waals surface area contributed by atoms with Crippen molar-refractivity contribution >= 4 is 33.6 Å². The van der Waals surface area contributed by atoms with E-state index >= 15 is 0 Å². The zero-order chi connectivity index (χ0) is 19.2. The molecule has 3 aromatic rings. The average molecular weight is 444 g/mol. The van der Waals surface area contributed by atoms with E-state index in [0.717, 1.165) is 20.9 Å². The lowest BCUT2D eigenvalue weighted by molar-refractivity contribution is -0.119. The van der Waals surface area contributed by atoms with E-state index in [1.54, 1.807) is 0 Å². The van der Waals surface area contributed by atoms with Gasteiger partial charge in [-0.2, -0.15) is 0 Å². The van der Waals surface area contributed by atoms with Crippen molar-refractivity contribution in [1.82, 2.24) is 14.9 Å². The molecular formula is C21H22BrN3OS. The zero-order valence-electron chi connectivity index (χ0n) is 15.4. The highest BCUT2D eigenvalue weighted by molar-refractivity contribution is 9.10. The third-order valence-corrected chi connectivity index (χ3v) is 5.44. The molecule has 4 nitrogen and oxygen atoms in total. The highest BCUT2D eigenvalue weighted by Gasteiger charge is 2.14. The van der Waals surface area contributed by atoms with Gasteiger partial charge in [0.05, 0.1) is 24.2 Å². The number of thioether (sulfide) groups is 1. The summed E-state index contributed by atoms with van der Waals surface area (Å²) < 4.78 is 3.21. The molecule has 6 heteroatoms. The van der Waals surface area contributed by atoms with Crippen molar-refractivity contribution in [1.29, 1.82) is 0 Å². The SMILES string of the molecule is CC(C)NC(=O)CSc1ncc(-c2ccc(Br)cc2)n1Cc1ccccc1. The Morgan fingerprint density at radius 3 is 2.52 bits per heavy atom. The maximum absolute atomic E-state index is 12.0. The summed E-state index contributed by atoms with van der Waals surface area (Å²) in [6, 6.07) is 18.6. The molecule has 27 heavy (non-hydrogen) atoms. The van der Waals surface area contributed by atoms with Crippen LogP contribution in [-0.2, 0) is 11.3 Å². The monoisotopic (exact) mass is 443 g/mol. The minimum absolute atomic E-state index is 0.0226. The van der Waals surface area contributed by atoms with Crippen LogP contribution < -0.4 is 5.32 Å². The van der Waals surface area contributed by atoms with Crippen molar-refractivity contribution in [2.24, 2.45) is 0 Å². The van der Waals surface area contributed by atoms with Gasteiger partial charge in [0.25, 0.3) is 0 Å². The van der Waals surface area contributed by atoms with Crippen LogP contribution >= 0.6 is 27.7 Å². The smallest absolute Gasteiger partial charge is 0.230 e. The number of aromatic nitrogens is 2. The number of nitrogens with one attached hydrogen (secondary N) is 1. The minimum atomic E-state index is 0.0226. The van der Waals surface area contributed by atoms with Gasteiger partial charge in [-0.15, -0.1) is 0 Å². The van der Waals surface area contributed by atoms with Gasteiger partial charge in [-0.25, -0.2) is 4.98 Å². The molecule has 1 amide bonds. The summed E-state index contributed by atoms with van der Waals surface area (Å²) >= 11 is 4.95. The van der Waals surface area contributed by atoms with Crippen molar-refractivity contribution in [3.8, 4) is 11.3 Å². The summed E-state index contributed by atoms with van der Waals surface area (Å²) in [5, 5.41) is 3.77. The van der Waals surface area contributed by atoms with Crippen LogP contribution in [0.1, 0.15) is 19.4 Å². The summed E-state index contributed by atoms with van der Waals surface area (Å²) in [6.45, 7) is 4.63. The molecule has 140 valence electrons. The number of carbonyl (C=O) groups is 1. The van der Waals surface area contributed by atoms with Gasteiger partial charge in [0.15, 0.2) is 5.16 Å². The van der Waals surface area contributed by atoms with Crippen molar-refractivity contribution < 1.29 is 4.79 Å². The standard InChI is InChI=1S/C21H22BrN3OS/c1-15(2)24-20(26)14-27-21-23-12-19(17-8-10-18(22)11-9-17)25(21)13-16-6-4-3-5-7-16/h3-12,15H,13-14H2,1-2H3,(H,24,26). The molecule has 1 aromatic heterocycles. The Bertz CT molecular complexity index is 892. The second-order valence-electron chi connectivity index (χ2n) is 6.52. The minimum Gasteiger partial charge on any atom is -0.353 e. The van der Waals surface area contributed by atoms with E-state index in [2.05, 4.69) is 55.1 Å². The first-order chi connectivity index (χ1) is 13.0. The Morgan fingerprint density at radius 2 is 1.85 bits per heavy atom. The van der Waals surface area contributed by atoms with Gasteiger partial charge < -0.3 is 9.88 Å². The largest absolute Gasteiger partial charge is 0.353 e. The zero-order valence-corrected chi connectivity index (χ0v) is 17.8. The van der Waals surface area contributed by atoms with E-state index in [0.29, 0.717) is 12.3 Å². The first kappa shape index (κ1) is 19.7. The Hall–Kier alpha value is -2.05. The highest BCUT2D eigenvalue weighted by Crippen LogP contribution is 2.28. The number of hydrogen-bond acceptors (Lipinski definition) is 3. The number of imidazole rings is 1. The molecule has 0 saturated carbocycles. The third kappa shape index (κ3) is 5.47. The van der Waals surface area contributed by atoms with Crippen molar-refractivity contribution in [3.63, 3.8) is 0 Å². The number of nitrogens with zero attached hydrogens (tertiary/aromatic N) is 2. The second-order valence-corrected chi connectivity index (χ2v) is 8.37. The van der Waals surface area contributed by atoms with Gasteiger partial charge in [0, 0.05) is 10.5 Å². The molecule has 0 radical (unpaired) electrons. The summed E-state index contributed by atoms with van der Waals surface area (Å²) in [7, 11) is 0. The molecule has 2 aromatic carbocycles. The molecule has 0 bridgehead atoms. The summed E-state index contributed by atoms with van der Waals surface area (Å²) in [5.41, 5.74) is 3.33. The maximum Gasteiger partial charge on any atom is 0.230 e. The second kappa shape index (κ2) is 9.24. The number of benzene rings is 2. The van der Waals surface area contributed by atoms with Crippen molar-refractivity contribution in [2.45, 2.75) is 31.6 Å². The Balaban J connectivity index is 1.88. The summed E-state index contributed by atoms with van der Waals surface area (Å²) in [4.78, 5) is 16.6. The van der Waals surface area contributed by atoms with E-state index < -0.39 is 0 Å². The first-order valence-electron chi connectivity index (χ1n) is 8.80. The number of amides is 1. The van der Waals surface area contributed by atoms with Gasteiger partial charge in [-0.3, -0.25) is 4.79 Å². The third-order valence-electron chi connectivity index (χ3n) is 3.92. The van der Waals surface area contributed by atoms with Gasteiger partial charge in [-0.05, 0) is 37.1 Å². The molecular weight excluding hydrogens is 422 g/mol. The molecule has 0 atom stereocenters. The molecule has 3 rings (SSSR count). The van der Waals surface area contributed by atoms with Crippen molar-refractivity contribution in [2.75, 3.05) is 5.75 Å². The van der Waals surface area contributed by atoms with Crippen molar-refractivity contribution in [3.05, 3.63) is 70.8 Å². The molecule has 0 aliphatic rings. The normalized spacial score (nSPS) is 11.0. The molecule has 0 unspecified atom stereocenters. The van der Waals surface area contributed by atoms with Crippen LogP contribution in [0.4, 0.5) is 0 Å². The number of halogens is 1. The fourth-order valence-corrected chi connectivity index (χ4v) is 3.79. The molecule has 0 fully saturated rings. The average Bonchev–Trinajstić information content (AvgIpc) is 3.03. The van der Waals surface area contributed by atoms with E-state index in [1.165, 1.54) is 17.3 Å². The molecule has 0 spiro atoms. The van der Waals surface area contributed by atoms with Crippen LogP contribution in [0, 0.1) is 0 Å². The Morgan fingerprint density at radius 1 is 1.15 bits per heavy atom. The lowest BCUT2D eigenvalue weighted by Crippen LogP contribution is -2.31. The number of rotatable bonds is 7. The van der Waals surface area contributed by atoms with Gasteiger partial charge in [0.1, 0.15) is 0 Å². The topological polar surface area (TPSA) is 46.9 Å². The van der Waals surface area contributed by atoms with Gasteiger partial charge in [0.2, 0.25) is 5.91 Å². The van der Waals surface area contributed by atoms with E-state index in [1.807, 2.05) is 50.4 Å². The fraction of sp³-hybridized carbons (Fsp3) is 0.238. The number of hydrogen-bond donors (Lipinski definition) is 1. The maximum atomic E-state index is 12.0. The van der Waals surface area contributed by atoms with Crippen LogP contribution in [-0.4, -0.2) is 27.3 Å².